The molecular formula is C11H13Cl2N3O. The molecule has 1 aliphatic rings. The van der Waals surface area contributed by atoms with Crippen LogP contribution in [0.4, 0.5) is 5.82 Å². The van der Waals surface area contributed by atoms with Crippen LogP contribution in [0.3, 0.4) is 0 Å². The minimum absolute atomic E-state index is 0.0270. The van der Waals surface area contributed by atoms with E-state index in [1.54, 1.807) is 0 Å². The van der Waals surface area contributed by atoms with Gasteiger partial charge in [-0.25, -0.2) is 9.97 Å². The lowest BCUT2D eigenvalue weighted by atomic mass is 9.88. The Morgan fingerprint density at radius 3 is 2.59 bits per heavy atom. The SMILES string of the molecule is CC1(C(=O)Nc2cc(Cl)nc(Cl)n2)CCCC1. The summed E-state index contributed by atoms with van der Waals surface area (Å²) in [7, 11) is 0. The van der Waals surface area contributed by atoms with E-state index < -0.39 is 0 Å². The molecule has 6 heteroatoms. The van der Waals surface area contributed by atoms with Crippen LogP contribution in [0.5, 0.6) is 0 Å². The van der Waals surface area contributed by atoms with Crippen molar-refractivity contribution in [1.82, 2.24) is 9.97 Å². The van der Waals surface area contributed by atoms with Crippen molar-refractivity contribution >= 4 is 34.9 Å². The Balaban J connectivity index is 2.12. The third-order valence-corrected chi connectivity index (χ3v) is 3.53. The summed E-state index contributed by atoms with van der Waals surface area (Å²) in [5.41, 5.74) is -0.302. The first-order chi connectivity index (χ1) is 7.99. The molecule has 1 N–H and O–H groups in total. The number of carbonyl (C=O) groups is 1. The van der Waals surface area contributed by atoms with Crippen LogP contribution < -0.4 is 5.32 Å². The second kappa shape index (κ2) is 4.78. The highest BCUT2D eigenvalue weighted by Gasteiger charge is 2.36. The molecule has 0 unspecified atom stereocenters. The summed E-state index contributed by atoms with van der Waals surface area (Å²) in [5, 5.41) is 3.00. The molecule has 1 heterocycles. The summed E-state index contributed by atoms with van der Waals surface area (Å²) >= 11 is 11.4. The van der Waals surface area contributed by atoms with E-state index in [0.717, 1.165) is 25.7 Å². The van der Waals surface area contributed by atoms with Gasteiger partial charge in [-0.05, 0) is 24.4 Å². The van der Waals surface area contributed by atoms with E-state index in [-0.39, 0.29) is 21.8 Å². The molecule has 0 spiro atoms. The summed E-state index contributed by atoms with van der Waals surface area (Å²) in [4.78, 5) is 19.7. The first kappa shape index (κ1) is 12.6. The molecule has 0 aromatic carbocycles. The third-order valence-electron chi connectivity index (χ3n) is 3.16. The quantitative estimate of drug-likeness (QED) is 0.665. The molecule has 17 heavy (non-hydrogen) atoms. The first-order valence-corrected chi connectivity index (χ1v) is 6.27. The van der Waals surface area contributed by atoms with Crippen LogP contribution in [0.1, 0.15) is 32.6 Å². The van der Waals surface area contributed by atoms with Crippen LogP contribution in [-0.2, 0) is 4.79 Å². The summed E-state index contributed by atoms with van der Waals surface area (Å²) in [6.07, 6.45) is 4.00. The number of hydrogen-bond donors (Lipinski definition) is 1. The van der Waals surface area contributed by atoms with Crippen LogP contribution in [0.25, 0.3) is 0 Å². The maximum Gasteiger partial charge on any atom is 0.231 e. The molecule has 1 amide bonds. The highest BCUT2D eigenvalue weighted by atomic mass is 35.5. The Morgan fingerprint density at radius 2 is 2.00 bits per heavy atom. The molecule has 1 aromatic rings. The largest absolute Gasteiger partial charge is 0.310 e. The average molecular weight is 274 g/mol. The molecule has 0 radical (unpaired) electrons. The van der Waals surface area contributed by atoms with Crippen LogP contribution in [0, 0.1) is 5.41 Å². The third kappa shape index (κ3) is 2.87. The Hall–Kier alpha value is -0.870. The molecule has 0 saturated heterocycles. The van der Waals surface area contributed by atoms with E-state index in [1.807, 2.05) is 6.92 Å². The maximum absolute atomic E-state index is 12.1. The van der Waals surface area contributed by atoms with Gasteiger partial charge in [-0.2, -0.15) is 0 Å². The van der Waals surface area contributed by atoms with Crippen LogP contribution >= 0.6 is 23.2 Å². The van der Waals surface area contributed by atoms with E-state index in [4.69, 9.17) is 23.2 Å². The fourth-order valence-corrected chi connectivity index (χ4v) is 2.51. The minimum atomic E-state index is -0.302. The van der Waals surface area contributed by atoms with Crippen LogP contribution in [0.15, 0.2) is 6.07 Å². The van der Waals surface area contributed by atoms with Gasteiger partial charge in [0.2, 0.25) is 11.2 Å². The average Bonchev–Trinajstić information content (AvgIpc) is 2.64. The van der Waals surface area contributed by atoms with Gasteiger partial charge >= 0.3 is 0 Å². The van der Waals surface area contributed by atoms with Gasteiger partial charge in [0.1, 0.15) is 11.0 Å². The van der Waals surface area contributed by atoms with Crippen molar-refractivity contribution in [2.24, 2.45) is 5.41 Å². The standard InChI is InChI=1S/C11H13Cl2N3O/c1-11(4-2-3-5-11)9(17)15-8-6-7(12)14-10(13)16-8/h6H,2-5H2,1H3,(H,14,15,16,17). The van der Waals surface area contributed by atoms with Gasteiger partial charge in [0.15, 0.2) is 0 Å². The molecule has 1 aromatic heterocycles. The van der Waals surface area contributed by atoms with Crippen molar-refractivity contribution in [2.45, 2.75) is 32.6 Å². The lowest BCUT2D eigenvalue weighted by Gasteiger charge is -2.21. The Morgan fingerprint density at radius 1 is 1.35 bits per heavy atom. The molecular weight excluding hydrogens is 261 g/mol. The van der Waals surface area contributed by atoms with Crippen molar-refractivity contribution in [3.63, 3.8) is 0 Å². The second-order valence-corrected chi connectivity index (χ2v) is 5.29. The molecule has 0 atom stereocenters. The molecule has 1 fully saturated rings. The summed E-state index contributed by atoms with van der Waals surface area (Å²) in [6.45, 7) is 1.97. The Bertz CT molecular complexity index is 424. The second-order valence-electron chi connectivity index (χ2n) is 4.57. The van der Waals surface area contributed by atoms with Crippen molar-refractivity contribution in [2.75, 3.05) is 5.32 Å². The number of nitrogens with zero attached hydrogens (tertiary/aromatic N) is 2. The summed E-state index contributed by atoms with van der Waals surface area (Å²) < 4.78 is 0. The van der Waals surface area contributed by atoms with Gasteiger partial charge in [-0.1, -0.05) is 31.4 Å². The summed E-state index contributed by atoms with van der Waals surface area (Å²) in [5.74, 6) is 0.328. The molecule has 2 rings (SSSR count). The molecule has 4 nitrogen and oxygen atoms in total. The van der Waals surface area contributed by atoms with Crippen molar-refractivity contribution < 1.29 is 4.79 Å². The molecule has 92 valence electrons. The number of rotatable bonds is 2. The fraction of sp³-hybridized carbons (Fsp3) is 0.545. The molecule has 1 saturated carbocycles. The number of aromatic nitrogens is 2. The van der Waals surface area contributed by atoms with E-state index in [1.165, 1.54) is 6.07 Å². The van der Waals surface area contributed by atoms with E-state index >= 15 is 0 Å². The zero-order chi connectivity index (χ0) is 12.5. The number of amides is 1. The number of anilines is 1. The predicted octanol–water partition coefficient (Wildman–Crippen LogP) is 3.30. The zero-order valence-corrected chi connectivity index (χ0v) is 11.0. The topological polar surface area (TPSA) is 54.9 Å². The molecule has 1 aliphatic carbocycles. The van der Waals surface area contributed by atoms with Crippen molar-refractivity contribution in [3.05, 3.63) is 16.5 Å². The number of hydrogen-bond acceptors (Lipinski definition) is 3. The Labute approximate surface area is 110 Å². The van der Waals surface area contributed by atoms with Crippen LogP contribution in [0.2, 0.25) is 10.4 Å². The van der Waals surface area contributed by atoms with Gasteiger partial charge in [0.05, 0.1) is 0 Å². The van der Waals surface area contributed by atoms with Gasteiger partial charge < -0.3 is 5.32 Å². The van der Waals surface area contributed by atoms with Crippen molar-refractivity contribution in [1.29, 1.82) is 0 Å². The van der Waals surface area contributed by atoms with Gasteiger partial charge in [0.25, 0.3) is 0 Å². The predicted molar refractivity (Wildman–Crippen MR) is 67.3 cm³/mol. The van der Waals surface area contributed by atoms with Gasteiger partial charge in [-0.3, -0.25) is 4.79 Å². The number of carbonyl (C=O) groups excluding carboxylic acids is 1. The Kier molecular flexibility index (Phi) is 3.54. The normalized spacial score (nSPS) is 18.1. The van der Waals surface area contributed by atoms with E-state index in [2.05, 4.69) is 15.3 Å². The van der Waals surface area contributed by atoms with Crippen molar-refractivity contribution in [3.8, 4) is 0 Å². The fourth-order valence-electron chi connectivity index (χ4n) is 2.10. The zero-order valence-electron chi connectivity index (χ0n) is 9.46. The number of nitrogens with one attached hydrogen (secondary N) is 1. The first-order valence-electron chi connectivity index (χ1n) is 5.51. The molecule has 0 aliphatic heterocycles. The lowest BCUT2D eigenvalue weighted by molar-refractivity contribution is -0.124. The van der Waals surface area contributed by atoms with Gasteiger partial charge in [-0.15, -0.1) is 0 Å². The van der Waals surface area contributed by atoms with Gasteiger partial charge in [0, 0.05) is 11.5 Å². The monoisotopic (exact) mass is 273 g/mol. The minimum Gasteiger partial charge on any atom is -0.310 e. The number of halogens is 2. The van der Waals surface area contributed by atoms with E-state index in [9.17, 15) is 4.79 Å². The molecule has 0 bridgehead atoms. The smallest absolute Gasteiger partial charge is 0.231 e. The lowest BCUT2D eigenvalue weighted by Crippen LogP contribution is -2.31. The van der Waals surface area contributed by atoms with Crippen LogP contribution in [-0.4, -0.2) is 15.9 Å². The maximum atomic E-state index is 12.1. The highest BCUT2D eigenvalue weighted by molar-refractivity contribution is 6.32. The highest BCUT2D eigenvalue weighted by Crippen LogP contribution is 2.38. The summed E-state index contributed by atoms with van der Waals surface area (Å²) in [6, 6.07) is 1.49. The van der Waals surface area contributed by atoms with E-state index in [0.29, 0.717) is 5.82 Å².